The number of alkyl halides is 1. The SMILES string of the molecule is Cc1cc(-c2ccnc(NC(=O)[C@@H]3C[C@H]3F)c2)ccc1CNC(=O)c1noc(C(C)(C)C)n1. The molecule has 0 aliphatic heterocycles. The Morgan fingerprint density at radius 3 is 2.55 bits per heavy atom. The molecule has 1 saturated carbocycles. The number of carbonyl (C=O) groups is 2. The van der Waals surface area contributed by atoms with Crippen molar-refractivity contribution in [3.63, 3.8) is 0 Å². The van der Waals surface area contributed by atoms with Crippen molar-refractivity contribution >= 4 is 17.6 Å². The summed E-state index contributed by atoms with van der Waals surface area (Å²) in [4.78, 5) is 32.7. The van der Waals surface area contributed by atoms with E-state index in [9.17, 15) is 14.0 Å². The average molecular weight is 452 g/mol. The van der Waals surface area contributed by atoms with Crippen LogP contribution in [0.15, 0.2) is 41.1 Å². The number of pyridine rings is 1. The van der Waals surface area contributed by atoms with Crippen molar-refractivity contribution in [1.82, 2.24) is 20.4 Å². The molecule has 4 rings (SSSR count). The lowest BCUT2D eigenvalue weighted by molar-refractivity contribution is -0.117. The highest BCUT2D eigenvalue weighted by atomic mass is 19.1. The Kier molecular flexibility index (Phi) is 5.97. The average Bonchev–Trinajstić information content (AvgIpc) is 3.28. The van der Waals surface area contributed by atoms with Crippen molar-refractivity contribution in [3.8, 4) is 11.1 Å². The van der Waals surface area contributed by atoms with E-state index < -0.39 is 18.0 Å². The van der Waals surface area contributed by atoms with Crippen LogP contribution in [-0.4, -0.2) is 33.1 Å². The summed E-state index contributed by atoms with van der Waals surface area (Å²) < 4.78 is 18.3. The van der Waals surface area contributed by atoms with Gasteiger partial charge in [0.15, 0.2) is 0 Å². The fourth-order valence-electron chi connectivity index (χ4n) is 3.28. The summed E-state index contributed by atoms with van der Waals surface area (Å²) in [6.45, 7) is 8.06. The van der Waals surface area contributed by atoms with Gasteiger partial charge in [-0.25, -0.2) is 9.37 Å². The molecule has 1 fully saturated rings. The van der Waals surface area contributed by atoms with E-state index in [-0.39, 0.29) is 23.6 Å². The van der Waals surface area contributed by atoms with Crippen LogP contribution in [0.25, 0.3) is 11.1 Å². The van der Waals surface area contributed by atoms with Crippen molar-refractivity contribution in [3.05, 3.63) is 59.4 Å². The molecule has 2 heterocycles. The van der Waals surface area contributed by atoms with Gasteiger partial charge in [0.1, 0.15) is 12.0 Å². The van der Waals surface area contributed by atoms with E-state index in [1.807, 2.05) is 52.0 Å². The topological polar surface area (TPSA) is 110 Å². The Morgan fingerprint density at radius 1 is 1.18 bits per heavy atom. The Morgan fingerprint density at radius 2 is 1.91 bits per heavy atom. The van der Waals surface area contributed by atoms with E-state index in [4.69, 9.17) is 4.52 Å². The third kappa shape index (κ3) is 5.24. The Hall–Kier alpha value is -3.62. The van der Waals surface area contributed by atoms with E-state index in [2.05, 4.69) is 25.8 Å². The van der Waals surface area contributed by atoms with Crippen LogP contribution in [0.1, 0.15) is 54.8 Å². The number of nitrogens with one attached hydrogen (secondary N) is 2. The molecule has 0 spiro atoms. The summed E-state index contributed by atoms with van der Waals surface area (Å²) in [5.41, 5.74) is 3.39. The van der Waals surface area contributed by atoms with Crippen molar-refractivity contribution in [1.29, 1.82) is 0 Å². The van der Waals surface area contributed by atoms with Crippen LogP contribution in [0.5, 0.6) is 0 Å². The van der Waals surface area contributed by atoms with E-state index >= 15 is 0 Å². The number of carbonyl (C=O) groups excluding carboxylic acids is 2. The van der Waals surface area contributed by atoms with Gasteiger partial charge in [0.05, 0.1) is 5.92 Å². The lowest BCUT2D eigenvalue weighted by Crippen LogP contribution is -2.24. The molecule has 0 saturated heterocycles. The zero-order valence-corrected chi connectivity index (χ0v) is 19.0. The molecular formula is C24H26FN5O3. The number of halogens is 1. The van der Waals surface area contributed by atoms with Gasteiger partial charge in [-0.3, -0.25) is 9.59 Å². The molecule has 2 aromatic heterocycles. The zero-order chi connectivity index (χ0) is 23.8. The first-order valence-electron chi connectivity index (χ1n) is 10.7. The number of nitrogens with zero attached hydrogens (tertiary/aromatic N) is 3. The minimum Gasteiger partial charge on any atom is -0.345 e. The number of hydrogen-bond acceptors (Lipinski definition) is 6. The lowest BCUT2D eigenvalue weighted by Gasteiger charge is -2.11. The van der Waals surface area contributed by atoms with Gasteiger partial charge < -0.3 is 15.2 Å². The maximum atomic E-state index is 13.1. The Balaban J connectivity index is 1.41. The quantitative estimate of drug-likeness (QED) is 0.587. The summed E-state index contributed by atoms with van der Waals surface area (Å²) in [6.07, 6.45) is 0.822. The molecule has 0 bridgehead atoms. The smallest absolute Gasteiger partial charge is 0.292 e. The first kappa shape index (κ1) is 22.6. The van der Waals surface area contributed by atoms with Gasteiger partial charge in [-0.05, 0) is 47.7 Å². The maximum absolute atomic E-state index is 13.1. The molecule has 1 aliphatic rings. The summed E-state index contributed by atoms with van der Waals surface area (Å²) in [5.74, 6) is -0.516. The number of amides is 2. The molecule has 1 aromatic carbocycles. The van der Waals surface area contributed by atoms with E-state index in [1.54, 1.807) is 12.3 Å². The molecule has 3 aromatic rings. The van der Waals surface area contributed by atoms with E-state index in [0.717, 1.165) is 22.3 Å². The Bertz CT molecular complexity index is 1200. The fourth-order valence-corrected chi connectivity index (χ4v) is 3.28. The molecule has 2 amide bonds. The van der Waals surface area contributed by atoms with Gasteiger partial charge in [0.25, 0.3) is 11.7 Å². The summed E-state index contributed by atoms with van der Waals surface area (Å²) in [5, 5.41) is 9.26. The molecule has 8 nitrogen and oxygen atoms in total. The van der Waals surface area contributed by atoms with Crippen LogP contribution in [0, 0.1) is 12.8 Å². The van der Waals surface area contributed by atoms with E-state index in [0.29, 0.717) is 18.3 Å². The van der Waals surface area contributed by atoms with Gasteiger partial charge in [0, 0.05) is 18.2 Å². The number of aryl methyl sites for hydroxylation is 1. The fraction of sp³-hybridized carbons (Fsp3) is 0.375. The first-order chi connectivity index (χ1) is 15.6. The monoisotopic (exact) mass is 451 g/mol. The normalized spacial score (nSPS) is 17.5. The second-order valence-corrected chi connectivity index (χ2v) is 9.27. The molecular weight excluding hydrogens is 425 g/mol. The molecule has 9 heteroatoms. The van der Waals surface area contributed by atoms with Gasteiger partial charge in [-0.15, -0.1) is 0 Å². The second-order valence-electron chi connectivity index (χ2n) is 9.27. The molecule has 0 unspecified atom stereocenters. The number of hydrogen-bond donors (Lipinski definition) is 2. The number of rotatable bonds is 6. The number of aromatic nitrogens is 3. The minimum atomic E-state index is -1.05. The summed E-state index contributed by atoms with van der Waals surface area (Å²) >= 11 is 0. The van der Waals surface area contributed by atoms with Gasteiger partial charge >= 0.3 is 0 Å². The highest BCUT2D eigenvalue weighted by molar-refractivity contribution is 5.94. The Labute approximate surface area is 191 Å². The third-order valence-electron chi connectivity index (χ3n) is 5.45. The van der Waals surface area contributed by atoms with Crippen LogP contribution >= 0.6 is 0 Å². The standard InChI is InChI=1S/C24H26FN5O3/c1-13-9-14(15-7-8-26-19(10-15)28-21(31)17-11-18(17)25)5-6-16(13)12-27-22(32)20-29-23(33-30-20)24(2,3)4/h5-10,17-18H,11-12H2,1-4H3,(H,27,32)(H,26,28,31)/t17-,18-/m1/s1. The first-order valence-corrected chi connectivity index (χ1v) is 10.7. The molecule has 33 heavy (non-hydrogen) atoms. The highest BCUT2D eigenvalue weighted by Gasteiger charge is 2.43. The van der Waals surface area contributed by atoms with Gasteiger partial charge in [-0.1, -0.05) is 44.1 Å². The van der Waals surface area contributed by atoms with Crippen LogP contribution in [0.2, 0.25) is 0 Å². The predicted octanol–water partition coefficient (Wildman–Crippen LogP) is 3.96. The van der Waals surface area contributed by atoms with Gasteiger partial charge in [0.2, 0.25) is 11.8 Å². The number of benzene rings is 1. The van der Waals surface area contributed by atoms with Crippen molar-refractivity contribution < 1.29 is 18.5 Å². The predicted molar refractivity (Wildman–Crippen MR) is 120 cm³/mol. The minimum absolute atomic E-state index is 0.00541. The van der Waals surface area contributed by atoms with Crippen molar-refractivity contribution in [2.24, 2.45) is 5.92 Å². The summed E-state index contributed by atoms with van der Waals surface area (Å²) in [6, 6.07) is 9.45. The van der Waals surface area contributed by atoms with Crippen LogP contribution in [-0.2, 0) is 16.8 Å². The highest BCUT2D eigenvalue weighted by Crippen LogP contribution is 2.34. The van der Waals surface area contributed by atoms with Crippen molar-refractivity contribution in [2.45, 2.75) is 52.2 Å². The summed E-state index contributed by atoms with van der Waals surface area (Å²) in [7, 11) is 0. The van der Waals surface area contributed by atoms with Crippen LogP contribution in [0.4, 0.5) is 10.2 Å². The molecule has 172 valence electrons. The molecule has 2 N–H and O–H groups in total. The van der Waals surface area contributed by atoms with E-state index in [1.165, 1.54) is 0 Å². The van der Waals surface area contributed by atoms with Crippen molar-refractivity contribution in [2.75, 3.05) is 5.32 Å². The maximum Gasteiger partial charge on any atom is 0.292 e. The van der Waals surface area contributed by atoms with Crippen LogP contribution in [0.3, 0.4) is 0 Å². The largest absolute Gasteiger partial charge is 0.345 e. The molecule has 0 radical (unpaired) electrons. The lowest BCUT2D eigenvalue weighted by atomic mass is 9.97. The molecule has 2 atom stereocenters. The number of anilines is 1. The zero-order valence-electron chi connectivity index (χ0n) is 19.0. The molecule has 1 aliphatic carbocycles. The van der Waals surface area contributed by atoms with Gasteiger partial charge in [-0.2, -0.15) is 4.98 Å². The second kappa shape index (κ2) is 8.73. The van der Waals surface area contributed by atoms with Crippen LogP contribution < -0.4 is 10.6 Å². The third-order valence-corrected chi connectivity index (χ3v) is 5.45.